The molecule has 1 saturated carbocycles. The van der Waals surface area contributed by atoms with Gasteiger partial charge in [0.05, 0.1) is 42.7 Å². The number of ether oxygens (including phenoxy) is 2. The predicted octanol–water partition coefficient (Wildman–Crippen LogP) is 10.3. The summed E-state index contributed by atoms with van der Waals surface area (Å²) in [6.07, 6.45) is 12.4. The number of primary sulfonamides is 1. The molecule has 3 amide bonds. The van der Waals surface area contributed by atoms with Crippen LogP contribution in [-0.2, 0) is 44.2 Å². The van der Waals surface area contributed by atoms with Crippen LogP contribution < -0.4 is 16.6 Å². The number of rotatable bonds is 18. The number of carbonyl (C=O) groups is 2. The third kappa shape index (κ3) is 94.3. The molecule has 1 aliphatic carbocycles. The maximum Gasteiger partial charge on any atom is 0.314 e. The Morgan fingerprint density at radius 2 is 1.04 bits per heavy atom. The van der Waals surface area contributed by atoms with Crippen molar-refractivity contribution >= 4 is 41.8 Å². The van der Waals surface area contributed by atoms with Crippen LogP contribution in [0, 0.1) is 39.9 Å². The molecular weight excluding hydrogens is 977 g/mol. The van der Waals surface area contributed by atoms with Gasteiger partial charge < -0.3 is 30.7 Å². The van der Waals surface area contributed by atoms with Gasteiger partial charge in [0.1, 0.15) is 9.84 Å². The second kappa shape index (κ2) is 43.5. The number of sulfone groups is 1. The Bertz CT molecular complexity index is 1610. The maximum atomic E-state index is 10.8. The van der Waals surface area contributed by atoms with E-state index < -0.39 is 29.9 Å². The first-order chi connectivity index (χ1) is 31.8. The number of likely N-dealkylation sites (N-methyl/N-ethyl adjacent to an activating group) is 1. The monoisotopic (exact) mass is 1100 g/mol. The van der Waals surface area contributed by atoms with Gasteiger partial charge in [-0.25, -0.2) is 39.5 Å². The zero-order valence-electron chi connectivity index (χ0n) is 51.8. The van der Waals surface area contributed by atoms with E-state index in [4.69, 9.17) is 26.1 Å². The molecule has 1 rings (SSSR count). The van der Waals surface area contributed by atoms with E-state index in [1.54, 1.807) is 14.1 Å². The van der Waals surface area contributed by atoms with E-state index in [-0.39, 0.29) is 33.9 Å². The van der Waals surface area contributed by atoms with Crippen molar-refractivity contribution in [2.45, 2.75) is 215 Å². The fourth-order valence-corrected chi connectivity index (χ4v) is 7.82. The third-order valence-corrected chi connectivity index (χ3v) is 12.5. The molecule has 0 radical (unpaired) electrons. The molecule has 0 atom stereocenters. The molecule has 0 aliphatic heterocycles. The lowest BCUT2D eigenvalue weighted by molar-refractivity contribution is -0.118. The Balaban J connectivity index is -0.000000134. The number of carbonyl (C=O) groups excluding carboxylic acids is 2. The van der Waals surface area contributed by atoms with Crippen molar-refractivity contribution in [2.24, 2.45) is 56.5 Å². The van der Waals surface area contributed by atoms with Crippen LogP contribution in [0.3, 0.4) is 0 Å². The minimum absolute atomic E-state index is 0.102. The lowest BCUT2D eigenvalue weighted by atomic mass is 9.90. The van der Waals surface area contributed by atoms with Crippen molar-refractivity contribution in [2.75, 3.05) is 78.4 Å². The molecular formula is C53H122N6O10S3. The van der Waals surface area contributed by atoms with Gasteiger partial charge in [-0.15, -0.1) is 0 Å². The smallest absolute Gasteiger partial charge is 0.314 e. The van der Waals surface area contributed by atoms with Gasteiger partial charge in [0, 0.05) is 46.4 Å². The lowest BCUT2D eigenvalue weighted by Crippen LogP contribution is -2.37. The summed E-state index contributed by atoms with van der Waals surface area (Å²) < 4.78 is 75.5. The summed E-state index contributed by atoms with van der Waals surface area (Å²) in [6.45, 7) is 46.6. The largest absolute Gasteiger partial charge is 0.377 e. The van der Waals surface area contributed by atoms with E-state index >= 15 is 0 Å². The normalized spacial score (nSPS) is 13.3. The van der Waals surface area contributed by atoms with Crippen molar-refractivity contribution in [1.82, 2.24) is 14.1 Å². The van der Waals surface area contributed by atoms with Crippen molar-refractivity contribution in [1.29, 1.82) is 0 Å². The molecule has 0 spiro atoms. The number of sulfonamides is 2. The zero-order chi connectivity index (χ0) is 59.2. The maximum absolute atomic E-state index is 10.8. The average molecular weight is 1100 g/mol. The summed E-state index contributed by atoms with van der Waals surface area (Å²) in [5, 5.41) is 4.76. The summed E-state index contributed by atoms with van der Waals surface area (Å²) in [7, 11) is -1.56. The van der Waals surface area contributed by atoms with E-state index in [0.29, 0.717) is 61.8 Å². The molecule has 0 aromatic rings. The van der Waals surface area contributed by atoms with E-state index in [0.717, 1.165) is 37.8 Å². The quantitative estimate of drug-likeness (QED) is 0.117. The third-order valence-electron chi connectivity index (χ3n) is 9.48. The van der Waals surface area contributed by atoms with Gasteiger partial charge in [-0.05, 0) is 115 Å². The van der Waals surface area contributed by atoms with Crippen molar-refractivity contribution in [3.8, 4) is 0 Å². The highest BCUT2D eigenvalue weighted by Crippen LogP contribution is 2.30. The summed E-state index contributed by atoms with van der Waals surface area (Å²) in [4.78, 5) is 24.4. The number of nitrogens with zero attached hydrogens (tertiary/aromatic N) is 3. The first-order valence-corrected chi connectivity index (χ1v) is 31.7. The first-order valence-electron chi connectivity index (χ1n) is 26.1. The summed E-state index contributed by atoms with van der Waals surface area (Å²) >= 11 is 0. The molecule has 1 fully saturated rings. The van der Waals surface area contributed by atoms with Crippen LogP contribution in [0.4, 0.5) is 4.79 Å². The summed E-state index contributed by atoms with van der Waals surface area (Å²) in [6, 6.07) is -0.366. The van der Waals surface area contributed by atoms with E-state index in [2.05, 4.69) is 74.1 Å². The summed E-state index contributed by atoms with van der Waals surface area (Å²) in [5.74, 6) is 3.00. The van der Waals surface area contributed by atoms with Crippen LogP contribution >= 0.6 is 0 Å². The Morgan fingerprint density at radius 3 is 1.18 bits per heavy atom. The number of nitrogens with two attached hydrogens (primary N) is 3. The van der Waals surface area contributed by atoms with Crippen LogP contribution in [0.1, 0.15) is 197 Å². The molecule has 19 heteroatoms. The summed E-state index contributed by atoms with van der Waals surface area (Å²) in [5.41, 5.74) is 10.5. The minimum Gasteiger partial charge on any atom is -0.377 e. The second-order valence-electron chi connectivity index (χ2n) is 25.0. The Labute approximate surface area is 448 Å². The Morgan fingerprint density at radius 1 is 0.625 bits per heavy atom. The standard InChI is InChI=1S/C8H16.C7H16N2O.C7H17NO.C7H15NO.C7H16O2S.C6H15NO2S.C6H14O.C5H13NO2S/c1-7(2)8-5-3-4-6-8;1-7(2,3)5-9(4)6(8)10;1-7(2)9-6-5-8(3)4;1-7(2,3)5-4-6(8)9;1-7(2,3)5-6-10(4,8)9;1-6(2)5-7(3)10(4,8)9;1-5(2)7-6(3)4;1-5(2)3-4-9(6,7)8/h7-8H,3-6H2,1-2H3;5H2,1-4H3,(H2,8,10);7H,5-6H2,1-4H3;4-5H2,1-3H3,(H2,8,9);5-6H2,1-4H3;6H,5H2,1-4H3;5-6H,1-4H3;5H,3-4H2,1-2H3,(H2,6,7,8). The molecule has 0 bridgehead atoms. The van der Waals surface area contributed by atoms with Crippen LogP contribution in [-0.4, -0.2) is 148 Å². The van der Waals surface area contributed by atoms with E-state index in [1.807, 2.05) is 90.3 Å². The molecule has 442 valence electrons. The fraction of sp³-hybridized carbons (Fsp3) is 0.962. The van der Waals surface area contributed by atoms with Crippen LogP contribution in [0.25, 0.3) is 0 Å². The highest BCUT2D eigenvalue weighted by Gasteiger charge is 2.18. The van der Waals surface area contributed by atoms with Crippen molar-refractivity contribution < 1.29 is 44.3 Å². The number of primary amides is 2. The molecule has 0 saturated heterocycles. The molecule has 16 nitrogen and oxygen atoms in total. The zero-order valence-corrected chi connectivity index (χ0v) is 54.3. The lowest BCUT2D eigenvalue weighted by Gasteiger charge is -2.24. The van der Waals surface area contributed by atoms with Gasteiger partial charge in [-0.1, -0.05) is 130 Å². The highest BCUT2D eigenvalue weighted by atomic mass is 32.2. The molecule has 0 unspecified atom stereocenters. The van der Waals surface area contributed by atoms with E-state index in [1.165, 1.54) is 47.4 Å². The average Bonchev–Trinajstić information content (AvgIpc) is 3.67. The van der Waals surface area contributed by atoms with Gasteiger partial charge in [-0.2, -0.15) is 0 Å². The van der Waals surface area contributed by atoms with Gasteiger partial charge in [-0.3, -0.25) is 4.79 Å². The highest BCUT2D eigenvalue weighted by molar-refractivity contribution is 7.90. The van der Waals surface area contributed by atoms with E-state index in [9.17, 15) is 34.8 Å². The molecule has 6 N–H and O–H groups in total. The fourth-order valence-electron chi connectivity index (χ4n) is 5.47. The number of hydrogen-bond donors (Lipinski definition) is 3. The molecule has 72 heavy (non-hydrogen) atoms. The van der Waals surface area contributed by atoms with Crippen molar-refractivity contribution in [3.05, 3.63) is 0 Å². The van der Waals surface area contributed by atoms with Crippen LogP contribution in [0.15, 0.2) is 0 Å². The molecule has 1 aliphatic rings. The first kappa shape index (κ1) is 84.3. The van der Waals surface area contributed by atoms with Gasteiger partial charge >= 0.3 is 6.03 Å². The van der Waals surface area contributed by atoms with Gasteiger partial charge in [0.25, 0.3) is 0 Å². The van der Waals surface area contributed by atoms with Crippen LogP contribution in [0.2, 0.25) is 0 Å². The second-order valence-corrected chi connectivity index (χ2v) is 31.0. The Kier molecular flexibility index (Phi) is 50.9. The number of urea groups is 1. The molecule has 0 heterocycles. The molecule has 0 aromatic carbocycles. The minimum atomic E-state index is -3.22. The van der Waals surface area contributed by atoms with Gasteiger partial charge in [0.15, 0.2) is 0 Å². The van der Waals surface area contributed by atoms with Crippen LogP contribution in [0.5, 0.6) is 0 Å². The topological polar surface area (TPSA) is 243 Å². The predicted molar refractivity (Wildman–Crippen MR) is 311 cm³/mol. The number of hydrogen-bond acceptors (Lipinski definition) is 11. The Hall–Kier alpha value is -1.61. The van der Waals surface area contributed by atoms with Crippen molar-refractivity contribution in [3.63, 3.8) is 0 Å². The SMILES string of the molecule is CC(C)(C)CCC(N)=O.CC(C)(C)CCS(C)(=O)=O.CC(C)C1CCCC1.CC(C)CCS(N)(=O)=O.CC(C)CN(C)S(C)(=O)=O.CC(C)OC(C)C.CC(C)OCCN(C)C.CN(CC(C)(C)C)C(N)=O. The number of amides is 3. The molecule has 0 aromatic heterocycles. The van der Waals surface area contributed by atoms with Gasteiger partial charge in [0.2, 0.25) is 26.0 Å².